The van der Waals surface area contributed by atoms with E-state index in [0.717, 1.165) is 5.56 Å². The van der Waals surface area contributed by atoms with Crippen molar-refractivity contribution < 1.29 is 4.79 Å². The summed E-state index contributed by atoms with van der Waals surface area (Å²) in [5, 5.41) is 0.713. The fourth-order valence-electron chi connectivity index (χ4n) is 1.04. The zero-order valence-electron chi connectivity index (χ0n) is 8.92. The summed E-state index contributed by atoms with van der Waals surface area (Å²) in [6.45, 7) is 1.55. The van der Waals surface area contributed by atoms with Gasteiger partial charge < -0.3 is 5.73 Å². The van der Waals surface area contributed by atoms with Crippen LogP contribution in [0.15, 0.2) is 18.2 Å². The van der Waals surface area contributed by atoms with Gasteiger partial charge in [0.15, 0.2) is 5.12 Å². The van der Waals surface area contributed by atoms with Crippen molar-refractivity contribution in [3.05, 3.63) is 28.8 Å². The number of carbonyl (C=O) groups excluding carboxylic acids is 1. The molecule has 0 unspecified atom stereocenters. The largest absolute Gasteiger partial charge is 0.399 e. The second-order valence-electron chi connectivity index (χ2n) is 3.13. The standard InChI is InChI=1S/C12H12ClNOS/c1-9(15)16-7-3-2-4-10-8-11(14)5-6-12(10)13/h5-6,8H,3,7,14H2,1H3. The Morgan fingerprint density at radius 2 is 2.31 bits per heavy atom. The van der Waals surface area contributed by atoms with Gasteiger partial charge in [0.05, 0.1) is 5.02 Å². The zero-order valence-corrected chi connectivity index (χ0v) is 10.5. The molecule has 84 valence electrons. The Labute approximate surface area is 105 Å². The van der Waals surface area contributed by atoms with E-state index in [2.05, 4.69) is 11.8 Å². The van der Waals surface area contributed by atoms with Gasteiger partial charge in [0.2, 0.25) is 0 Å². The molecule has 0 spiro atoms. The second kappa shape index (κ2) is 6.47. The highest BCUT2D eigenvalue weighted by Crippen LogP contribution is 2.17. The first-order chi connectivity index (χ1) is 7.59. The summed E-state index contributed by atoms with van der Waals surface area (Å²) in [5.74, 6) is 6.61. The average molecular weight is 254 g/mol. The maximum Gasteiger partial charge on any atom is 0.185 e. The molecule has 0 amide bonds. The van der Waals surface area contributed by atoms with Crippen LogP contribution in [0.5, 0.6) is 0 Å². The van der Waals surface area contributed by atoms with Crippen LogP contribution >= 0.6 is 23.4 Å². The highest BCUT2D eigenvalue weighted by atomic mass is 35.5. The van der Waals surface area contributed by atoms with E-state index in [1.807, 2.05) is 0 Å². The molecule has 4 heteroatoms. The molecule has 0 fully saturated rings. The number of halogens is 1. The van der Waals surface area contributed by atoms with Gasteiger partial charge in [-0.05, 0) is 18.2 Å². The normalized spacial score (nSPS) is 9.38. The molecule has 0 saturated heterocycles. The van der Waals surface area contributed by atoms with Gasteiger partial charge in [-0.3, -0.25) is 4.79 Å². The Morgan fingerprint density at radius 1 is 1.56 bits per heavy atom. The van der Waals surface area contributed by atoms with Crippen molar-refractivity contribution in [2.75, 3.05) is 11.5 Å². The molecule has 0 aromatic heterocycles. The number of carbonyl (C=O) groups is 1. The van der Waals surface area contributed by atoms with Gasteiger partial charge in [-0.15, -0.1) is 0 Å². The maximum absolute atomic E-state index is 10.7. The Balaban J connectivity index is 2.56. The number of thioether (sulfide) groups is 1. The van der Waals surface area contributed by atoms with Gasteiger partial charge in [-0.25, -0.2) is 0 Å². The van der Waals surface area contributed by atoms with Crippen LogP contribution in [-0.2, 0) is 4.79 Å². The fourth-order valence-corrected chi connectivity index (χ4v) is 1.70. The molecule has 2 nitrogen and oxygen atoms in total. The molecule has 0 heterocycles. The van der Waals surface area contributed by atoms with Crippen LogP contribution in [0.2, 0.25) is 5.02 Å². The molecule has 0 saturated carbocycles. The van der Waals surface area contributed by atoms with E-state index < -0.39 is 0 Å². The molecule has 0 aliphatic heterocycles. The van der Waals surface area contributed by atoms with E-state index in [1.54, 1.807) is 25.1 Å². The van der Waals surface area contributed by atoms with Crippen molar-refractivity contribution in [1.82, 2.24) is 0 Å². The molecule has 0 radical (unpaired) electrons. The lowest BCUT2D eigenvalue weighted by molar-refractivity contribution is -0.109. The van der Waals surface area contributed by atoms with Crippen LogP contribution in [0.1, 0.15) is 18.9 Å². The Bertz CT molecular complexity index is 448. The lowest BCUT2D eigenvalue weighted by Crippen LogP contribution is -1.87. The summed E-state index contributed by atoms with van der Waals surface area (Å²) < 4.78 is 0. The van der Waals surface area contributed by atoms with Gasteiger partial charge in [0.1, 0.15) is 0 Å². The van der Waals surface area contributed by atoms with E-state index in [0.29, 0.717) is 22.9 Å². The number of rotatable bonds is 2. The third kappa shape index (κ3) is 4.61. The Hall–Kier alpha value is -1.11. The number of hydrogen-bond acceptors (Lipinski definition) is 3. The first-order valence-corrected chi connectivity index (χ1v) is 6.13. The molecule has 0 atom stereocenters. The lowest BCUT2D eigenvalue weighted by atomic mass is 10.2. The van der Waals surface area contributed by atoms with E-state index in [9.17, 15) is 4.79 Å². The minimum Gasteiger partial charge on any atom is -0.399 e. The quantitative estimate of drug-likeness (QED) is 0.501. The smallest absolute Gasteiger partial charge is 0.185 e. The van der Waals surface area contributed by atoms with Crippen LogP contribution in [0, 0.1) is 11.8 Å². The van der Waals surface area contributed by atoms with Crippen LogP contribution in [0.25, 0.3) is 0 Å². The first-order valence-electron chi connectivity index (χ1n) is 4.77. The number of hydrogen-bond donors (Lipinski definition) is 1. The average Bonchev–Trinajstić information content (AvgIpc) is 2.22. The number of benzene rings is 1. The topological polar surface area (TPSA) is 43.1 Å². The molecule has 0 aliphatic rings. The summed E-state index contributed by atoms with van der Waals surface area (Å²) in [6, 6.07) is 5.21. The van der Waals surface area contributed by atoms with Gasteiger partial charge in [0, 0.05) is 30.3 Å². The van der Waals surface area contributed by atoms with Crippen molar-refractivity contribution in [2.45, 2.75) is 13.3 Å². The number of nitrogen functional groups attached to an aromatic ring is 1. The molecular weight excluding hydrogens is 242 g/mol. The molecule has 1 aromatic rings. The number of anilines is 1. The van der Waals surface area contributed by atoms with Crippen molar-refractivity contribution >= 4 is 34.2 Å². The fraction of sp³-hybridized carbons (Fsp3) is 0.250. The molecule has 16 heavy (non-hydrogen) atoms. The van der Waals surface area contributed by atoms with Crippen molar-refractivity contribution in [2.24, 2.45) is 0 Å². The van der Waals surface area contributed by atoms with Gasteiger partial charge in [0.25, 0.3) is 0 Å². The highest BCUT2D eigenvalue weighted by Gasteiger charge is 1.96. The molecule has 1 aromatic carbocycles. The van der Waals surface area contributed by atoms with E-state index >= 15 is 0 Å². The van der Waals surface area contributed by atoms with Crippen molar-refractivity contribution in [1.29, 1.82) is 0 Å². The third-order valence-corrected chi connectivity index (χ3v) is 2.89. The van der Waals surface area contributed by atoms with Crippen LogP contribution < -0.4 is 5.73 Å². The van der Waals surface area contributed by atoms with Gasteiger partial charge in [-0.2, -0.15) is 0 Å². The zero-order chi connectivity index (χ0) is 12.0. The summed E-state index contributed by atoms with van der Waals surface area (Å²) in [5.41, 5.74) is 7.00. The van der Waals surface area contributed by atoms with Crippen molar-refractivity contribution in [3.8, 4) is 11.8 Å². The highest BCUT2D eigenvalue weighted by molar-refractivity contribution is 8.13. The molecule has 0 aliphatic carbocycles. The monoisotopic (exact) mass is 253 g/mol. The van der Waals surface area contributed by atoms with Crippen LogP contribution in [0.4, 0.5) is 5.69 Å². The molecule has 1 rings (SSSR count). The third-order valence-electron chi connectivity index (χ3n) is 1.75. The predicted molar refractivity (Wildman–Crippen MR) is 70.5 cm³/mol. The van der Waals surface area contributed by atoms with Crippen LogP contribution in [0.3, 0.4) is 0 Å². The van der Waals surface area contributed by atoms with Gasteiger partial charge >= 0.3 is 0 Å². The van der Waals surface area contributed by atoms with E-state index in [-0.39, 0.29) is 5.12 Å². The van der Waals surface area contributed by atoms with E-state index in [1.165, 1.54) is 11.8 Å². The first kappa shape index (κ1) is 13.0. The SMILES string of the molecule is CC(=O)SCCC#Cc1cc(N)ccc1Cl. The number of nitrogens with two attached hydrogens (primary N) is 1. The molecule has 0 bridgehead atoms. The minimum atomic E-state index is 0.115. The molecule has 2 N–H and O–H groups in total. The summed E-state index contributed by atoms with van der Waals surface area (Å²) in [6.07, 6.45) is 0.662. The molecular formula is C12H12ClNOS. The summed E-state index contributed by atoms with van der Waals surface area (Å²) >= 11 is 7.22. The van der Waals surface area contributed by atoms with E-state index in [4.69, 9.17) is 17.3 Å². The summed E-state index contributed by atoms with van der Waals surface area (Å²) in [7, 11) is 0. The lowest BCUT2D eigenvalue weighted by Gasteiger charge is -1.97. The maximum atomic E-state index is 10.7. The minimum absolute atomic E-state index is 0.115. The summed E-state index contributed by atoms with van der Waals surface area (Å²) in [4.78, 5) is 10.7. The Kier molecular flexibility index (Phi) is 5.24. The van der Waals surface area contributed by atoms with Crippen molar-refractivity contribution in [3.63, 3.8) is 0 Å². The predicted octanol–water partition coefficient (Wildman–Crippen LogP) is 2.94. The second-order valence-corrected chi connectivity index (χ2v) is 4.81. The Morgan fingerprint density at radius 3 is 3.00 bits per heavy atom. The van der Waals surface area contributed by atoms with Crippen LogP contribution in [-0.4, -0.2) is 10.9 Å². The van der Waals surface area contributed by atoms with Gasteiger partial charge in [-0.1, -0.05) is 35.2 Å².